The molecule has 32 N–H and O–H groups in total. The number of phenolic OH excluding ortho intramolecular Hbond substituents is 1. The van der Waals surface area contributed by atoms with Crippen LogP contribution in [-0.4, -0.2) is 248 Å². The molecule has 0 saturated carbocycles. The third-order valence-corrected chi connectivity index (χ3v) is 18.1. The lowest BCUT2D eigenvalue weighted by atomic mass is 10.00. The van der Waals surface area contributed by atoms with Gasteiger partial charge in [-0.05, 0) is 152 Å². The Morgan fingerprint density at radius 2 is 0.684 bits per heavy atom. The van der Waals surface area contributed by atoms with Crippen molar-refractivity contribution in [3.8, 4) is 5.75 Å². The van der Waals surface area contributed by atoms with Crippen molar-refractivity contribution < 1.29 is 117 Å². The number of carboxylic acids is 3. The van der Waals surface area contributed by atoms with Crippen LogP contribution in [0.1, 0.15) is 177 Å². The number of nitrogens with two attached hydrogens (primary N) is 7. The first kappa shape index (κ1) is 104. The summed E-state index contributed by atoms with van der Waals surface area (Å²) in [4.78, 5) is 255. The number of phenols is 1. The number of primary amides is 3. The highest BCUT2D eigenvalue weighted by Gasteiger charge is 2.40. The minimum absolute atomic E-state index is 0.117. The normalized spacial score (nSPS) is 15.0. The first-order chi connectivity index (χ1) is 54.8. The molecule has 0 radical (unpaired) electrons. The number of hydrogen-bond acceptors (Lipinski definition) is 25. The fraction of sp³-hybridized carbons (Fsp3) is 0.658. The number of benzene rings is 1. The van der Waals surface area contributed by atoms with Crippen molar-refractivity contribution in [2.24, 2.45) is 57.9 Å². The smallest absolute Gasteiger partial charge is 0.326 e. The van der Waals surface area contributed by atoms with Gasteiger partial charge < -0.3 is 135 Å². The lowest BCUT2D eigenvalue weighted by Crippen LogP contribution is -2.62. The number of rotatable bonds is 59. The van der Waals surface area contributed by atoms with Gasteiger partial charge in [0.1, 0.15) is 84.3 Å². The highest BCUT2D eigenvalue weighted by molar-refractivity contribution is 6.01. The molecule has 0 fully saturated rings. The molecule has 0 spiro atoms. The predicted octanol–water partition coefficient (Wildman–Crippen LogP) is -7.46. The largest absolute Gasteiger partial charge is 0.508 e. The Morgan fingerprint density at radius 3 is 1.06 bits per heavy atom. The van der Waals surface area contributed by atoms with Crippen LogP contribution in [0.2, 0.25) is 0 Å². The van der Waals surface area contributed by atoms with Crippen LogP contribution in [0.15, 0.2) is 24.3 Å². The second-order valence-electron chi connectivity index (χ2n) is 29.5. The van der Waals surface area contributed by atoms with Gasteiger partial charge in [-0.3, -0.25) is 86.3 Å². The molecule has 0 bridgehead atoms. The summed E-state index contributed by atoms with van der Waals surface area (Å²) in [5, 5.41) is 80.5. The Bertz CT molecular complexity index is 3550. The molecule has 44 nitrogen and oxygen atoms in total. The maximum Gasteiger partial charge on any atom is 0.326 e. The lowest BCUT2D eigenvalue weighted by molar-refractivity contribution is -0.147. The first-order valence-corrected chi connectivity index (χ1v) is 38.6. The van der Waals surface area contributed by atoms with Gasteiger partial charge in [0.05, 0.1) is 25.0 Å². The van der Waals surface area contributed by atoms with Gasteiger partial charge in [0.25, 0.3) is 0 Å². The quantitative estimate of drug-likeness (QED) is 0.0269. The fourth-order valence-electron chi connectivity index (χ4n) is 11.3. The summed E-state index contributed by atoms with van der Waals surface area (Å²) in [5.41, 5.74) is 40.1. The molecule has 15 atom stereocenters. The van der Waals surface area contributed by atoms with Crippen LogP contribution in [0.5, 0.6) is 5.75 Å². The molecule has 16 amide bonds. The number of aromatic hydroxyl groups is 1. The molecule has 0 saturated heterocycles. The highest BCUT2D eigenvalue weighted by atomic mass is 16.4. The van der Waals surface area contributed by atoms with Crippen LogP contribution in [0.25, 0.3) is 0 Å². The van der Waals surface area contributed by atoms with E-state index in [0.29, 0.717) is 24.8 Å². The molecule has 117 heavy (non-hydrogen) atoms. The summed E-state index contributed by atoms with van der Waals surface area (Å²) < 4.78 is 0. The zero-order valence-electron chi connectivity index (χ0n) is 67.3. The minimum Gasteiger partial charge on any atom is -0.508 e. The van der Waals surface area contributed by atoms with Crippen LogP contribution in [0, 0.1) is 17.8 Å². The van der Waals surface area contributed by atoms with Gasteiger partial charge in [-0.15, -0.1) is 0 Å². The zero-order valence-corrected chi connectivity index (χ0v) is 67.3. The standard InChI is InChI=1S/C73H122N20O24/c1-35(2)31-48(67(110)91-51(73(116)117)34-56(101)102)88-66(109)47(24-27-55(99)100)85-64(107)46(23-26-53(78)97)87-71(114)58(37(5)6)92-72(115)59(39(8)94)93-60(103)38(7)81-61(104)42(15-9-12-28-74)82-62(105)43(16-10-13-29-75)83-63(106)44(17-11-14-30-76)84-69(112)50(33-54(79)98)90-68(111)49(32-40-18-20-41(95)21-19-40)89-65(108)45(22-25-52(77)96)86-70(113)57(80)36(3)4/h18-21,35-39,42-51,57-59,94-95H,9-17,22-34,74-76,80H2,1-8H3,(H2,77,96)(H2,78,97)(H2,79,98)(H,81,104)(H,82,105)(H,83,106)(H,84,112)(H,85,107)(H,86,113)(H,87,114)(H,88,109)(H,89,108)(H,90,111)(H,91,110)(H,92,115)(H,93,103)(H,99,100)(H,101,102)(H,116,117)/t38-,39+,42-,43-,44-,45-,46-,47-,48-,49-,50-,51-,57-,58-,59-/m0/s1. The Labute approximate surface area is 676 Å². The molecular formula is C73H122N20O24. The molecule has 0 aliphatic heterocycles. The van der Waals surface area contributed by atoms with Crippen molar-refractivity contribution in [3.63, 3.8) is 0 Å². The predicted molar refractivity (Wildman–Crippen MR) is 418 cm³/mol. The van der Waals surface area contributed by atoms with Gasteiger partial charge >= 0.3 is 17.9 Å². The molecule has 44 heteroatoms. The lowest BCUT2D eigenvalue weighted by Gasteiger charge is -2.29. The van der Waals surface area contributed by atoms with Crippen LogP contribution in [0.3, 0.4) is 0 Å². The van der Waals surface area contributed by atoms with Crippen molar-refractivity contribution in [1.29, 1.82) is 0 Å². The van der Waals surface area contributed by atoms with Crippen LogP contribution in [-0.2, 0) is 97.5 Å². The number of carbonyl (C=O) groups is 19. The topological polar surface area (TPSA) is 764 Å². The molecule has 1 aromatic rings. The van der Waals surface area contributed by atoms with Crippen molar-refractivity contribution in [1.82, 2.24) is 69.1 Å². The van der Waals surface area contributed by atoms with E-state index in [4.69, 9.17) is 40.1 Å². The van der Waals surface area contributed by atoms with Gasteiger partial charge in [-0.1, -0.05) is 53.7 Å². The van der Waals surface area contributed by atoms with E-state index < -0.39 is 260 Å². The van der Waals surface area contributed by atoms with Gasteiger partial charge in [-0.2, -0.15) is 0 Å². The molecule has 0 unspecified atom stereocenters. The van der Waals surface area contributed by atoms with Gasteiger partial charge in [-0.25, -0.2) is 4.79 Å². The average molecular weight is 1660 g/mol. The number of amides is 16. The number of unbranched alkanes of at least 4 members (excludes halogenated alkanes) is 3. The summed E-state index contributed by atoms with van der Waals surface area (Å²) in [6, 6.07) is -17.6. The molecular weight excluding hydrogens is 1540 g/mol. The number of carboxylic acid groups (broad SMARTS) is 3. The van der Waals surface area contributed by atoms with E-state index in [9.17, 15) is 117 Å². The van der Waals surface area contributed by atoms with Crippen molar-refractivity contribution >= 4 is 112 Å². The summed E-state index contributed by atoms with van der Waals surface area (Å²) >= 11 is 0. The van der Waals surface area contributed by atoms with E-state index in [2.05, 4.69) is 63.8 Å². The number of aliphatic hydroxyl groups is 1. The molecule has 1 aromatic carbocycles. The van der Waals surface area contributed by atoms with Crippen molar-refractivity contribution in [2.75, 3.05) is 19.6 Å². The minimum atomic E-state index is -1.94. The summed E-state index contributed by atoms with van der Waals surface area (Å²) in [7, 11) is 0. The second-order valence-corrected chi connectivity index (χ2v) is 29.5. The number of hydrogen-bond donors (Lipinski definition) is 25. The van der Waals surface area contributed by atoms with Gasteiger partial charge in [0, 0.05) is 25.7 Å². The molecule has 0 aromatic heterocycles. The molecule has 0 heterocycles. The number of aliphatic hydroxyl groups excluding tert-OH is 1. The number of nitrogens with one attached hydrogen (secondary N) is 13. The fourth-order valence-corrected chi connectivity index (χ4v) is 11.3. The number of aliphatic carboxylic acids is 3. The molecule has 0 aliphatic rings. The van der Waals surface area contributed by atoms with E-state index in [1.54, 1.807) is 27.7 Å². The Hall–Kier alpha value is -11.2. The van der Waals surface area contributed by atoms with E-state index in [0.717, 1.165) is 6.92 Å². The zero-order chi connectivity index (χ0) is 89.1. The maximum atomic E-state index is 14.6. The van der Waals surface area contributed by atoms with Gasteiger partial charge in [0.15, 0.2) is 0 Å². The Morgan fingerprint density at radius 1 is 0.342 bits per heavy atom. The van der Waals surface area contributed by atoms with Crippen LogP contribution >= 0.6 is 0 Å². The molecule has 658 valence electrons. The Balaban J connectivity index is 3.66. The van der Waals surface area contributed by atoms with E-state index in [1.807, 2.05) is 5.32 Å². The van der Waals surface area contributed by atoms with Crippen molar-refractivity contribution in [2.45, 2.75) is 268 Å². The van der Waals surface area contributed by atoms with Crippen LogP contribution < -0.4 is 109 Å². The van der Waals surface area contributed by atoms with E-state index in [-0.39, 0.29) is 89.1 Å². The number of carbonyl (C=O) groups excluding carboxylic acids is 16. The second kappa shape index (κ2) is 53.8. The maximum absolute atomic E-state index is 14.6. The third-order valence-electron chi connectivity index (χ3n) is 18.1. The molecule has 0 aliphatic carbocycles. The van der Waals surface area contributed by atoms with Crippen LogP contribution in [0.4, 0.5) is 0 Å². The van der Waals surface area contributed by atoms with E-state index >= 15 is 0 Å². The average Bonchev–Trinajstić information content (AvgIpc) is 0.849. The summed E-state index contributed by atoms with van der Waals surface area (Å²) in [6.07, 6.45) is -6.53. The third kappa shape index (κ3) is 40.7. The van der Waals surface area contributed by atoms with Crippen molar-refractivity contribution in [3.05, 3.63) is 29.8 Å². The summed E-state index contributed by atoms with van der Waals surface area (Å²) in [5.74, 6) is -23.6. The Kier molecular flexibility index (Phi) is 47.7. The highest BCUT2D eigenvalue weighted by Crippen LogP contribution is 2.17. The van der Waals surface area contributed by atoms with Gasteiger partial charge in [0.2, 0.25) is 94.5 Å². The monoisotopic (exact) mass is 1660 g/mol. The summed E-state index contributed by atoms with van der Waals surface area (Å²) in [6.45, 7) is 12.0. The molecule has 1 rings (SSSR count). The first-order valence-electron chi connectivity index (χ1n) is 38.6. The van der Waals surface area contributed by atoms with E-state index in [1.165, 1.54) is 45.0 Å². The SMILES string of the molecule is CC(C)C[C@H](NC(=O)[C@H](CCC(=O)O)NC(=O)[C@H](CCC(N)=O)NC(=O)[C@@H](NC(=O)[C@@H](NC(=O)[C@H](C)NC(=O)[C@H](CCCCN)NC(=O)[C@H](CCCCN)NC(=O)[C@H](CCCCN)NC(=O)[C@H](CC(N)=O)NC(=O)[C@H](Cc1ccc(O)cc1)NC(=O)[C@H](CCC(N)=O)NC(=O)[C@@H](N)C(C)C)[C@@H](C)O)C(C)C)C(=O)N[C@@H](CC(=O)O)C(=O)O.